The van der Waals surface area contributed by atoms with Crippen LogP contribution in [0, 0.1) is 13.8 Å². The van der Waals surface area contributed by atoms with Gasteiger partial charge in [0, 0.05) is 16.4 Å². The van der Waals surface area contributed by atoms with E-state index in [4.69, 9.17) is 0 Å². The summed E-state index contributed by atoms with van der Waals surface area (Å²) in [5, 5.41) is 2.92. The fourth-order valence-corrected chi connectivity index (χ4v) is 2.90. The maximum absolute atomic E-state index is 12.3. The number of imidazole rings is 1. The highest BCUT2D eigenvalue weighted by atomic mass is 79.9. The number of aromatic nitrogens is 2. The lowest BCUT2D eigenvalue weighted by molar-refractivity contribution is -0.115. The summed E-state index contributed by atoms with van der Waals surface area (Å²) >= 11 is 3.40. The molecule has 2 aromatic heterocycles. The van der Waals surface area contributed by atoms with E-state index in [0.29, 0.717) is 6.42 Å². The van der Waals surface area contributed by atoms with Crippen molar-refractivity contribution in [2.75, 3.05) is 5.32 Å². The molecule has 22 heavy (non-hydrogen) atoms. The number of halogens is 1. The summed E-state index contributed by atoms with van der Waals surface area (Å²) in [7, 11) is 0. The second-order valence-corrected chi connectivity index (χ2v) is 6.18. The largest absolute Gasteiger partial charge is 0.326 e. The standard InChI is InChI=1S/C17H16BrN3O/c1-11-5-4-8-21-15(12(2)19-17(11)21)10-16(22)20-14-7-3-6-13(18)9-14/h3-9H,10H2,1-2H3,(H,20,22). The average Bonchev–Trinajstić information content (AvgIpc) is 2.77. The molecule has 0 aliphatic heterocycles. The van der Waals surface area contributed by atoms with Crippen LogP contribution in [0.5, 0.6) is 0 Å². The number of fused-ring (bicyclic) bond motifs is 1. The first-order chi connectivity index (χ1) is 10.5. The number of nitrogens with zero attached hydrogens (tertiary/aromatic N) is 2. The molecule has 4 nitrogen and oxygen atoms in total. The van der Waals surface area contributed by atoms with Crippen molar-refractivity contribution in [2.45, 2.75) is 20.3 Å². The Labute approximate surface area is 137 Å². The number of pyridine rings is 1. The Morgan fingerprint density at radius 2 is 2.09 bits per heavy atom. The quantitative estimate of drug-likeness (QED) is 0.772. The summed E-state index contributed by atoms with van der Waals surface area (Å²) in [4.78, 5) is 16.9. The molecule has 3 rings (SSSR count). The Morgan fingerprint density at radius 3 is 2.86 bits per heavy atom. The van der Waals surface area contributed by atoms with Crippen molar-refractivity contribution in [3.63, 3.8) is 0 Å². The second-order valence-electron chi connectivity index (χ2n) is 5.26. The Balaban J connectivity index is 1.85. The maximum Gasteiger partial charge on any atom is 0.230 e. The van der Waals surface area contributed by atoms with Crippen molar-refractivity contribution in [2.24, 2.45) is 0 Å². The van der Waals surface area contributed by atoms with E-state index in [0.717, 1.165) is 32.8 Å². The van der Waals surface area contributed by atoms with Gasteiger partial charge in [-0.1, -0.05) is 28.1 Å². The van der Waals surface area contributed by atoms with Crippen LogP contribution in [0.1, 0.15) is 17.0 Å². The minimum absolute atomic E-state index is 0.0514. The van der Waals surface area contributed by atoms with Gasteiger partial charge < -0.3 is 9.72 Å². The number of benzene rings is 1. The molecular formula is C17H16BrN3O. The van der Waals surface area contributed by atoms with E-state index in [1.165, 1.54) is 0 Å². The predicted molar refractivity (Wildman–Crippen MR) is 91.1 cm³/mol. The van der Waals surface area contributed by atoms with Crippen molar-refractivity contribution in [3.8, 4) is 0 Å². The zero-order valence-corrected chi connectivity index (χ0v) is 14.0. The molecule has 5 heteroatoms. The lowest BCUT2D eigenvalue weighted by Gasteiger charge is -2.07. The molecule has 0 atom stereocenters. The number of aryl methyl sites for hydroxylation is 2. The minimum atomic E-state index is -0.0514. The molecule has 0 bridgehead atoms. The molecule has 0 saturated carbocycles. The molecule has 3 aromatic rings. The number of nitrogens with one attached hydrogen (secondary N) is 1. The molecule has 0 unspecified atom stereocenters. The molecule has 0 aliphatic rings. The lowest BCUT2D eigenvalue weighted by Crippen LogP contribution is -2.16. The third-order valence-corrected chi connectivity index (χ3v) is 4.07. The highest BCUT2D eigenvalue weighted by Gasteiger charge is 2.14. The lowest BCUT2D eigenvalue weighted by atomic mass is 10.2. The van der Waals surface area contributed by atoms with E-state index >= 15 is 0 Å². The summed E-state index contributed by atoms with van der Waals surface area (Å²) in [5.74, 6) is -0.0514. The van der Waals surface area contributed by atoms with Crippen LogP contribution < -0.4 is 5.32 Å². The third kappa shape index (κ3) is 2.90. The highest BCUT2D eigenvalue weighted by molar-refractivity contribution is 9.10. The third-order valence-electron chi connectivity index (χ3n) is 3.58. The van der Waals surface area contributed by atoms with E-state index in [-0.39, 0.29) is 5.91 Å². The second kappa shape index (κ2) is 5.93. The van der Waals surface area contributed by atoms with Crippen LogP contribution in [0.3, 0.4) is 0 Å². The Morgan fingerprint density at radius 1 is 1.27 bits per heavy atom. The molecule has 2 heterocycles. The first-order valence-electron chi connectivity index (χ1n) is 7.03. The Bertz CT molecular complexity index is 854. The Hall–Kier alpha value is -2.14. The molecule has 112 valence electrons. The summed E-state index contributed by atoms with van der Waals surface area (Å²) in [6, 6.07) is 11.6. The molecule has 0 radical (unpaired) electrons. The van der Waals surface area contributed by atoms with Gasteiger partial charge in [-0.25, -0.2) is 4.98 Å². The van der Waals surface area contributed by atoms with Gasteiger partial charge in [-0.2, -0.15) is 0 Å². The van der Waals surface area contributed by atoms with Gasteiger partial charge in [0.1, 0.15) is 5.65 Å². The van der Waals surface area contributed by atoms with E-state index in [9.17, 15) is 4.79 Å². The monoisotopic (exact) mass is 357 g/mol. The summed E-state index contributed by atoms with van der Waals surface area (Å²) in [5.41, 5.74) is 4.60. The van der Waals surface area contributed by atoms with E-state index < -0.39 is 0 Å². The number of hydrogen-bond acceptors (Lipinski definition) is 2. The van der Waals surface area contributed by atoms with Gasteiger partial charge in [-0.3, -0.25) is 4.79 Å². The number of carbonyl (C=O) groups is 1. The van der Waals surface area contributed by atoms with Crippen molar-refractivity contribution >= 4 is 33.2 Å². The van der Waals surface area contributed by atoms with Gasteiger partial charge in [0.15, 0.2) is 0 Å². The topological polar surface area (TPSA) is 46.4 Å². The molecular weight excluding hydrogens is 342 g/mol. The molecule has 0 spiro atoms. The van der Waals surface area contributed by atoms with Gasteiger partial charge in [-0.05, 0) is 43.7 Å². The molecule has 1 aromatic carbocycles. The fourth-order valence-electron chi connectivity index (χ4n) is 2.50. The summed E-state index contributed by atoms with van der Waals surface area (Å²) in [6.45, 7) is 3.96. The van der Waals surface area contributed by atoms with Gasteiger partial charge in [-0.15, -0.1) is 0 Å². The average molecular weight is 358 g/mol. The van der Waals surface area contributed by atoms with E-state index in [1.807, 2.05) is 60.8 Å². The first-order valence-corrected chi connectivity index (χ1v) is 7.82. The van der Waals surface area contributed by atoms with Gasteiger partial charge >= 0.3 is 0 Å². The van der Waals surface area contributed by atoms with Crippen LogP contribution in [0.15, 0.2) is 47.1 Å². The molecule has 0 saturated heterocycles. The molecule has 1 N–H and O–H groups in total. The fraction of sp³-hybridized carbons (Fsp3) is 0.176. The number of anilines is 1. The van der Waals surface area contributed by atoms with Crippen LogP contribution in [-0.2, 0) is 11.2 Å². The zero-order chi connectivity index (χ0) is 15.7. The minimum Gasteiger partial charge on any atom is -0.326 e. The smallest absolute Gasteiger partial charge is 0.230 e. The van der Waals surface area contributed by atoms with Crippen LogP contribution in [0.2, 0.25) is 0 Å². The van der Waals surface area contributed by atoms with Gasteiger partial charge in [0.05, 0.1) is 17.8 Å². The van der Waals surface area contributed by atoms with Crippen molar-refractivity contribution in [1.29, 1.82) is 0 Å². The van der Waals surface area contributed by atoms with Crippen molar-refractivity contribution in [3.05, 3.63) is 64.0 Å². The van der Waals surface area contributed by atoms with Crippen LogP contribution in [-0.4, -0.2) is 15.3 Å². The predicted octanol–water partition coefficient (Wildman–Crippen LogP) is 3.89. The summed E-state index contributed by atoms with van der Waals surface area (Å²) < 4.78 is 2.93. The van der Waals surface area contributed by atoms with Crippen LogP contribution in [0.4, 0.5) is 5.69 Å². The SMILES string of the molecule is Cc1nc2c(C)cccn2c1CC(=O)Nc1cccc(Br)c1. The summed E-state index contributed by atoms with van der Waals surface area (Å²) in [6.07, 6.45) is 2.24. The van der Waals surface area contributed by atoms with Crippen molar-refractivity contribution in [1.82, 2.24) is 9.38 Å². The van der Waals surface area contributed by atoms with Crippen LogP contribution in [0.25, 0.3) is 5.65 Å². The van der Waals surface area contributed by atoms with Crippen LogP contribution >= 0.6 is 15.9 Å². The van der Waals surface area contributed by atoms with E-state index in [2.05, 4.69) is 26.2 Å². The molecule has 1 amide bonds. The van der Waals surface area contributed by atoms with E-state index in [1.54, 1.807) is 0 Å². The van der Waals surface area contributed by atoms with Gasteiger partial charge in [0.25, 0.3) is 0 Å². The first kappa shape index (κ1) is 14.8. The normalized spacial score (nSPS) is 10.9. The molecule has 0 aliphatic carbocycles. The van der Waals surface area contributed by atoms with Gasteiger partial charge in [0.2, 0.25) is 5.91 Å². The highest BCUT2D eigenvalue weighted by Crippen LogP contribution is 2.18. The Kier molecular flexibility index (Phi) is 3.98. The number of rotatable bonds is 3. The maximum atomic E-state index is 12.3. The number of carbonyl (C=O) groups excluding carboxylic acids is 1. The zero-order valence-electron chi connectivity index (χ0n) is 12.4. The number of amides is 1. The number of hydrogen-bond donors (Lipinski definition) is 1. The van der Waals surface area contributed by atoms with Crippen molar-refractivity contribution < 1.29 is 4.79 Å². The molecule has 0 fully saturated rings.